The van der Waals surface area contributed by atoms with Gasteiger partial charge in [-0.25, -0.2) is 0 Å². The molecule has 1 aromatic carbocycles. The van der Waals surface area contributed by atoms with Gasteiger partial charge in [0.25, 0.3) is 0 Å². The zero-order chi connectivity index (χ0) is 10.7. The Morgan fingerprint density at radius 2 is 1.50 bits per heavy atom. The highest BCUT2D eigenvalue weighted by atomic mass is 16.1. The lowest BCUT2D eigenvalue weighted by Gasteiger charge is -2.03. The highest BCUT2D eigenvalue weighted by Gasteiger charge is 2.10. The molecule has 3 nitrogen and oxygen atoms in total. The number of ketones is 1. The van der Waals surface area contributed by atoms with E-state index in [0.717, 1.165) is 0 Å². The first-order valence-corrected chi connectivity index (χ1v) is 4.46. The predicted octanol–water partition coefficient (Wildman–Crippen LogP) is 1.62. The minimum atomic E-state index is -0.478. The van der Waals surface area contributed by atoms with E-state index in [0.29, 0.717) is 11.1 Å². The number of primary amides is 1. The van der Waals surface area contributed by atoms with E-state index in [1.165, 1.54) is 0 Å². The van der Waals surface area contributed by atoms with Crippen LogP contribution < -0.4 is 5.73 Å². The topological polar surface area (TPSA) is 60.2 Å². The first kappa shape index (κ1) is 10.4. The van der Waals surface area contributed by atoms with E-state index in [1.807, 2.05) is 13.8 Å². The number of carbonyl (C=O) groups excluding carboxylic acids is 2. The summed E-state index contributed by atoms with van der Waals surface area (Å²) in [6.45, 7) is 3.68. The molecule has 74 valence electrons. The van der Waals surface area contributed by atoms with E-state index in [1.54, 1.807) is 24.3 Å². The van der Waals surface area contributed by atoms with Gasteiger partial charge in [-0.05, 0) is 12.1 Å². The minimum absolute atomic E-state index is 0.0329. The molecule has 1 aromatic rings. The van der Waals surface area contributed by atoms with Gasteiger partial charge in [0.05, 0.1) is 0 Å². The second kappa shape index (κ2) is 4.05. The molecule has 3 heteroatoms. The van der Waals surface area contributed by atoms with Gasteiger partial charge in [0.15, 0.2) is 5.78 Å². The average molecular weight is 191 g/mol. The Bertz CT molecular complexity index is 352. The van der Waals surface area contributed by atoms with Crippen LogP contribution in [0.4, 0.5) is 0 Å². The molecular formula is C11H13NO2. The standard InChI is InChI=1S/C11H13NO2/c1-7(2)10(13)8-3-5-9(6-4-8)11(12)14/h3-7H,1-2H3,(H2,12,14). The maximum absolute atomic E-state index is 11.5. The van der Waals surface area contributed by atoms with E-state index in [9.17, 15) is 9.59 Å². The van der Waals surface area contributed by atoms with Crippen molar-refractivity contribution < 1.29 is 9.59 Å². The van der Waals surface area contributed by atoms with Crippen molar-refractivity contribution in [1.82, 2.24) is 0 Å². The molecule has 1 amide bonds. The first-order valence-electron chi connectivity index (χ1n) is 4.46. The Hall–Kier alpha value is -1.64. The van der Waals surface area contributed by atoms with E-state index >= 15 is 0 Å². The van der Waals surface area contributed by atoms with Crippen molar-refractivity contribution in [3.05, 3.63) is 35.4 Å². The zero-order valence-electron chi connectivity index (χ0n) is 8.28. The summed E-state index contributed by atoms with van der Waals surface area (Å²) in [5.74, 6) is -0.441. The molecular weight excluding hydrogens is 178 g/mol. The van der Waals surface area contributed by atoms with E-state index in [-0.39, 0.29) is 11.7 Å². The molecule has 0 spiro atoms. The van der Waals surface area contributed by atoms with E-state index < -0.39 is 5.91 Å². The SMILES string of the molecule is CC(C)C(=O)c1ccc(C(N)=O)cc1. The van der Waals surface area contributed by atoms with Crippen molar-refractivity contribution in [3.8, 4) is 0 Å². The minimum Gasteiger partial charge on any atom is -0.366 e. The summed E-state index contributed by atoms with van der Waals surface area (Å²) < 4.78 is 0. The van der Waals surface area contributed by atoms with Crippen LogP contribution in [-0.2, 0) is 0 Å². The maximum Gasteiger partial charge on any atom is 0.248 e. The predicted molar refractivity (Wildman–Crippen MR) is 54.1 cm³/mol. The van der Waals surface area contributed by atoms with Crippen LogP contribution in [0.2, 0.25) is 0 Å². The Morgan fingerprint density at radius 1 is 1.07 bits per heavy atom. The third kappa shape index (κ3) is 2.19. The summed E-state index contributed by atoms with van der Waals surface area (Å²) in [4.78, 5) is 22.3. The van der Waals surface area contributed by atoms with Crippen molar-refractivity contribution in [1.29, 1.82) is 0 Å². The van der Waals surface area contributed by atoms with Gasteiger partial charge in [-0.15, -0.1) is 0 Å². The van der Waals surface area contributed by atoms with Crippen LogP contribution in [0.3, 0.4) is 0 Å². The van der Waals surface area contributed by atoms with Crippen LogP contribution in [0.15, 0.2) is 24.3 Å². The molecule has 1 rings (SSSR count). The van der Waals surface area contributed by atoms with Gasteiger partial charge >= 0.3 is 0 Å². The Labute approximate surface area is 82.9 Å². The molecule has 14 heavy (non-hydrogen) atoms. The zero-order valence-corrected chi connectivity index (χ0v) is 8.28. The molecule has 0 heterocycles. The molecule has 0 saturated heterocycles. The highest BCUT2D eigenvalue weighted by Crippen LogP contribution is 2.09. The summed E-state index contributed by atoms with van der Waals surface area (Å²) in [6, 6.07) is 6.39. The van der Waals surface area contributed by atoms with Crippen LogP contribution in [0.5, 0.6) is 0 Å². The van der Waals surface area contributed by atoms with Crippen LogP contribution in [0.25, 0.3) is 0 Å². The van der Waals surface area contributed by atoms with Crippen LogP contribution in [0, 0.1) is 5.92 Å². The van der Waals surface area contributed by atoms with Gasteiger partial charge in [0.1, 0.15) is 0 Å². The van der Waals surface area contributed by atoms with Gasteiger partial charge in [0, 0.05) is 17.0 Å². The van der Waals surface area contributed by atoms with Gasteiger partial charge in [-0.2, -0.15) is 0 Å². The van der Waals surface area contributed by atoms with Gasteiger partial charge in [-0.3, -0.25) is 9.59 Å². The molecule has 0 aliphatic heterocycles. The van der Waals surface area contributed by atoms with Crippen molar-refractivity contribution in [2.24, 2.45) is 11.7 Å². The monoisotopic (exact) mass is 191 g/mol. The summed E-state index contributed by atoms with van der Waals surface area (Å²) in [5.41, 5.74) is 6.11. The normalized spacial score (nSPS) is 10.2. The molecule has 0 saturated carbocycles. The molecule has 0 aromatic heterocycles. The van der Waals surface area contributed by atoms with Gasteiger partial charge < -0.3 is 5.73 Å². The summed E-state index contributed by atoms with van der Waals surface area (Å²) in [6.07, 6.45) is 0. The van der Waals surface area contributed by atoms with Gasteiger partial charge in [-0.1, -0.05) is 26.0 Å². The summed E-state index contributed by atoms with van der Waals surface area (Å²) in [5, 5.41) is 0. The number of nitrogens with two attached hydrogens (primary N) is 1. The number of amides is 1. The lowest BCUT2D eigenvalue weighted by atomic mass is 10.00. The van der Waals surface area contributed by atoms with Crippen LogP contribution >= 0.6 is 0 Å². The summed E-state index contributed by atoms with van der Waals surface area (Å²) in [7, 11) is 0. The van der Waals surface area contributed by atoms with E-state index in [4.69, 9.17) is 5.73 Å². The molecule has 0 atom stereocenters. The number of Topliss-reactive ketones (excluding diaryl/α,β-unsaturated/α-hetero) is 1. The quantitative estimate of drug-likeness (QED) is 0.738. The lowest BCUT2D eigenvalue weighted by Crippen LogP contribution is -2.12. The van der Waals surface area contributed by atoms with Crippen molar-refractivity contribution >= 4 is 11.7 Å². The van der Waals surface area contributed by atoms with E-state index in [2.05, 4.69) is 0 Å². The number of hydrogen-bond acceptors (Lipinski definition) is 2. The third-order valence-corrected chi connectivity index (χ3v) is 1.98. The summed E-state index contributed by atoms with van der Waals surface area (Å²) >= 11 is 0. The second-order valence-corrected chi connectivity index (χ2v) is 3.46. The number of benzene rings is 1. The van der Waals surface area contributed by atoms with Crippen molar-refractivity contribution in [3.63, 3.8) is 0 Å². The highest BCUT2D eigenvalue weighted by molar-refractivity contribution is 5.99. The lowest BCUT2D eigenvalue weighted by molar-refractivity contribution is 0.0937. The number of carbonyl (C=O) groups is 2. The van der Waals surface area contributed by atoms with Crippen LogP contribution in [-0.4, -0.2) is 11.7 Å². The molecule has 0 aliphatic rings. The van der Waals surface area contributed by atoms with Gasteiger partial charge in [0.2, 0.25) is 5.91 Å². The largest absolute Gasteiger partial charge is 0.366 e. The second-order valence-electron chi connectivity index (χ2n) is 3.46. The Morgan fingerprint density at radius 3 is 1.86 bits per heavy atom. The maximum atomic E-state index is 11.5. The molecule has 0 fully saturated rings. The number of hydrogen-bond donors (Lipinski definition) is 1. The smallest absolute Gasteiger partial charge is 0.248 e. The molecule has 0 radical (unpaired) electrons. The fraction of sp³-hybridized carbons (Fsp3) is 0.273. The Balaban J connectivity index is 2.94. The first-order chi connectivity index (χ1) is 6.52. The average Bonchev–Trinajstić information content (AvgIpc) is 2.16. The Kier molecular flexibility index (Phi) is 3.02. The molecule has 0 unspecified atom stereocenters. The van der Waals surface area contributed by atoms with Crippen LogP contribution in [0.1, 0.15) is 34.6 Å². The third-order valence-electron chi connectivity index (χ3n) is 1.98. The molecule has 2 N–H and O–H groups in total. The van der Waals surface area contributed by atoms with Crippen molar-refractivity contribution in [2.75, 3.05) is 0 Å². The fourth-order valence-electron chi connectivity index (χ4n) is 1.13. The molecule has 0 bridgehead atoms. The molecule has 0 aliphatic carbocycles. The van der Waals surface area contributed by atoms with Crippen molar-refractivity contribution in [2.45, 2.75) is 13.8 Å². The fourth-order valence-corrected chi connectivity index (χ4v) is 1.13. The number of rotatable bonds is 3.